The molecule has 0 aliphatic carbocycles. The number of nitrogens with zero attached hydrogens (tertiary/aromatic N) is 1. The van der Waals surface area contributed by atoms with E-state index in [1.165, 1.54) is 6.21 Å². The Morgan fingerprint density at radius 3 is 2.64 bits per heavy atom. The topological polar surface area (TPSA) is 73.7 Å². The molecule has 3 rings (SSSR count). The van der Waals surface area contributed by atoms with Gasteiger partial charge in [0, 0.05) is 14.8 Å². The molecule has 3 aromatic rings. The van der Waals surface area contributed by atoms with Crippen molar-refractivity contribution in [2.24, 2.45) is 5.10 Å². The van der Waals surface area contributed by atoms with Crippen LogP contribution in [0.25, 0.3) is 10.8 Å². The van der Waals surface area contributed by atoms with Crippen molar-refractivity contribution in [1.82, 2.24) is 5.43 Å². The predicted octanol–water partition coefficient (Wildman–Crippen LogP) is 3.71. The van der Waals surface area contributed by atoms with Gasteiger partial charge in [0.05, 0.1) is 12.8 Å². The Bertz CT molecular complexity index is 924. The van der Waals surface area contributed by atoms with E-state index >= 15 is 0 Å². The third-order valence-electron chi connectivity index (χ3n) is 3.63. The lowest BCUT2D eigenvalue weighted by atomic mass is 10.0. The number of hydrogen-bond donors (Lipinski definition) is 3. The molecule has 3 N–H and O–H groups in total. The smallest absolute Gasteiger partial charge is 0.259 e. The van der Waals surface area contributed by atoms with Crippen molar-refractivity contribution in [2.75, 3.05) is 11.9 Å². The van der Waals surface area contributed by atoms with Gasteiger partial charge in [-0.3, -0.25) is 4.79 Å². The van der Waals surface area contributed by atoms with Crippen LogP contribution in [0.15, 0.2) is 65.8 Å². The van der Waals surface area contributed by atoms with Gasteiger partial charge >= 0.3 is 0 Å². The van der Waals surface area contributed by atoms with Crippen molar-refractivity contribution in [2.45, 2.75) is 0 Å². The van der Waals surface area contributed by atoms with Crippen LogP contribution in [0.4, 0.5) is 5.69 Å². The van der Waals surface area contributed by atoms with E-state index in [0.29, 0.717) is 5.56 Å². The number of hydrogen-bond acceptors (Lipinski definition) is 4. The Hall–Kier alpha value is -2.61. The average Bonchev–Trinajstić information content (AvgIpc) is 2.63. The highest BCUT2D eigenvalue weighted by atomic mass is 127. The fourth-order valence-corrected chi connectivity index (χ4v) is 2.74. The third-order valence-corrected chi connectivity index (χ3v) is 4.35. The first-order chi connectivity index (χ1) is 12.1. The predicted molar refractivity (Wildman–Crippen MR) is 109 cm³/mol. The number of fused-ring (bicyclic) bond motifs is 1. The molecule has 0 saturated heterocycles. The molecule has 0 spiro atoms. The first-order valence-electron chi connectivity index (χ1n) is 7.65. The van der Waals surface area contributed by atoms with Crippen molar-refractivity contribution in [3.8, 4) is 5.75 Å². The molecule has 0 heterocycles. The number of phenols is 1. The Labute approximate surface area is 158 Å². The Morgan fingerprint density at radius 1 is 1.08 bits per heavy atom. The number of carbonyl (C=O) groups is 1. The van der Waals surface area contributed by atoms with Crippen LogP contribution in [0.3, 0.4) is 0 Å². The summed E-state index contributed by atoms with van der Waals surface area (Å²) in [5.74, 6) is -0.150. The van der Waals surface area contributed by atoms with Crippen LogP contribution in [-0.4, -0.2) is 23.8 Å². The van der Waals surface area contributed by atoms with Gasteiger partial charge in [-0.15, -0.1) is 0 Å². The molecule has 0 unspecified atom stereocenters. The van der Waals surface area contributed by atoms with E-state index in [9.17, 15) is 9.90 Å². The van der Waals surface area contributed by atoms with E-state index in [0.717, 1.165) is 20.0 Å². The summed E-state index contributed by atoms with van der Waals surface area (Å²) < 4.78 is 1.13. The second-order valence-electron chi connectivity index (χ2n) is 5.37. The molecule has 0 aliphatic rings. The van der Waals surface area contributed by atoms with Crippen molar-refractivity contribution in [1.29, 1.82) is 0 Å². The van der Waals surface area contributed by atoms with Crippen LogP contribution >= 0.6 is 22.6 Å². The van der Waals surface area contributed by atoms with E-state index in [2.05, 4.69) is 38.4 Å². The molecule has 6 heteroatoms. The van der Waals surface area contributed by atoms with Gasteiger partial charge in [-0.05, 0) is 63.7 Å². The molecule has 0 fully saturated rings. The molecule has 126 valence electrons. The van der Waals surface area contributed by atoms with Gasteiger partial charge < -0.3 is 10.4 Å². The molecule has 0 bridgehead atoms. The lowest BCUT2D eigenvalue weighted by Gasteiger charge is -2.06. The van der Waals surface area contributed by atoms with E-state index in [1.807, 2.05) is 54.6 Å². The number of anilines is 1. The van der Waals surface area contributed by atoms with Gasteiger partial charge in [-0.25, -0.2) is 5.43 Å². The normalized spacial score (nSPS) is 10.9. The van der Waals surface area contributed by atoms with Gasteiger partial charge in [-0.1, -0.05) is 30.3 Å². The zero-order valence-corrected chi connectivity index (χ0v) is 15.4. The largest absolute Gasteiger partial charge is 0.507 e. The Kier molecular flexibility index (Phi) is 5.49. The maximum atomic E-state index is 11.9. The molecule has 0 radical (unpaired) electrons. The highest BCUT2D eigenvalue weighted by Crippen LogP contribution is 2.25. The van der Waals surface area contributed by atoms with Crippen LogP contribution < -0.4 is 10.7 Å². The zero-order chi connectivity index (χ0) is 17.6. The minimum absolute atomic E-state index is 0.111. The summed E-state index contributed by atoms with van der Waals surface area (Å²) in [5, 5.41) is 18.9. The van der Waals surface area contributed by atoms with Gasteiger partial charge in [0.2, 0.25) is 0 Å². The summed E-state index contributed by atoms with van der Waals surface area (Å²) in [6.07, 6.45) is 1.46. The molecule has 5 nitrogen and oxygen atoms in total. The summed E-state index contributed by atoms with van der Waals surface area (Å²) >= 11 is 2.22. The molecular weight excluding hydrogens is 429 g/mol. The van der Waals surface area contributed by atoms with Crippen molar-refractivity contribution >= 4 is 51.2 Å². The first-order valence-corrected chi connectivity index (χ1v) is 8.73. The lowest BCUT2D eigenvalue weighted by Crippen LogP contribution is -2.25. The van der Waals surface area contributed by atoms with E-state index in [4.69, 9.17) is 0 Å². The SMILES string of the molecule is O=C(CNc1ccc(I)cc1)N/N=C\c1c(O)ccc2ccccc12. The second kappa shape index (κ2) is 7.98. The summed E-state index contributed by atoms with van der Waals surface area (Å²) in [4.78, 5) is 11.9. The van der Waals surface area contributed by atoms with Crippen LogP contribution in [0.5, 0.6) is 5.75 Å². The number of hydrazone groups is 1. The number of amides is 1. The monoisotopic (exact) mass is 445 g/mol. The van der Waals surface area contributed by atoms with Crippen molar-refractivity contribution < 1.29 is 9.90 Å². The summed E-state index contributed by atoms with van der Waals surface area (Å²) in [6, 6.07) is 18.9. The molecule has 1 amide bonds. The maximum absolute atomic E-state index is 11.9. The number of halogens is 1. The zero-order valence-electron chi connectivity index (χ0n) is 13.2. The van der Waals surface area contributed by atoms with Gasteiger partial charge in [0.15, 0.2) is 0 Å². The van der Waals surface area contributed by atoms with E-state index in [-0.39, 0.29) is 18.2 Å². The molecule has 25 heavy (non-hydrogen) atoms. The number of nitrogens with one attached hydrogen (secondary N) is 2. The number of rotatable bonds is 5. The minimum Gasteiger partial charge on any atom is -0.507 e. The first kappa shape index (κ1) is 17.2. The molecule has 0 aliphatic heterocycles. The lowest BCUT2D eigenvalue weighted by molar-refractivity contribution is -0.119. The number of carbonyl (C=O) groups excluding carboxylic acids is 1. The molecular formula is C19H16IN3O2. The number of benzene rings is 3. The van der Waals surface area contributed by atoms with Crippen molar-refractivity contribution in [3.05, 3.63) is 69.8 Å². The van der Waals surface area contributed by atoms with Gasteiger partial charge in [0.25, 0.3) is 5.91 Å². The third kappa shape index (κ3) is 4.48. The number of aromatic hydroxyl groups is 1. The summed E-state index contributed by atoms with van der Waals surface area (Å²) in [6.45, 7) is 0.111. The highest BCUT2D eigenvalue weighted by molar-refractivity contribution is 14.1. The molecule has 0 atom stereocenters. The molecule has 3 aromatic carbocycles. The van der Waals surface area contributed by atoms with Crippen LogP contribution in [0.1, 0.15) is 5.56 Å². The number of phenolic OH excluding ortho intramolecular Hbond substituents is 1. The Morgan fingerprint density at radius 2 is 1.84 bits per heavy atom. The van der Waals surface area contributed by atoms with Crippen LogP contribution in [0, 0.1) is 3.57 Å². The van der Waals surface area contributed by atoms with E-state index in [1.54, 1.807) is 6.07 Å². The standard InChI is InChI=1S/C19H16IN3O2/c20-14-6-8-15(9-7-14)21-12-19(25)23-22-11-17-16-4-2-1-3-13(16)5-10-18(17)24/h1-11,21,24H,12H2,(H,23,25)/b22-11-. The van der Waals surface area contributed by atoms with Gasteiger partial charge in [-0.2, -0.15) is 5.10 Å². The minimum atomic E-state index is -0.269. The van der Waals surface area contributed by atoms with Crippen LogP contribution in [-0.2, 0) is 4.79 Å². The van der Waals surface area contributed by atoms with Crippen LogP contribution in [0.2, 0.25) is 0 Å². The van der Waals surface area contributed by atoms with Gasteiger partial charge in [0.1, 0.15) is 5.75 Å². The van der Waals surface area contributed by atoms with Crippen molar-refractivity contribution in [3.63, 3.8) is 0 Å². The van der Waals surface area contributed by atoms with E-state index < -0.39 is 0 Å². The molecule has 0 aromatic heterocycles. The quantitative estimate of drug-likeness (QED) is 0.319. The molecule has 0 saturated carbocycles. The fourth-order valence-electron chi connectivity index (χ4n) is 2.38. The second-order valence-corrected chi connectivity index (χ2v) is 6.62. The summed E-state index contributed by atoms with van der Waals surface area (Å²) in [5.41, 5.74) is 3.90. The highest BCUT2D eigenvalue weighted by Gasteiger charge is 2.05. The summed E-state index contributed by atoms with van der Waals surface area (Å²) in [7, 11) is 0. The Balaban J connectivity index is 1.62. The maximum Gasteiger partial charge on any atom is 0.259 e. The average molecular weight is 445 g/mol. The fraction of sp³-hybridized carbons (Fsp3) is 0.0526.